The van der Waals surface area contributed by atoms with Gasteiger partial charge in [0.05, 0.1) is 4.88 Å². The van der Waals surface area contributed by atoms with Gasteiger partial charge in [-0.25, -0.2) is 0 Å². The maximum atomic E-state index is 10.8. The van der Waals surface area contributed by atoms with E-state index >= 15 is 0 Å². The van der Waals surface area contributed by atoms with Crippen LogP contribution in [-0.4, -0.2) is 11.4 Å². The van der Waals surface area contributed by atoms with E-state index in [1.807, 2.05) is 0 Å². The van der Waals surface area contributed by atoms with Gasteiger partial charge in [-0.05, 0) is 29.1 Å². The van der Waals surface area contributed by atoms with Crippen LogP contribution in [-0.2, 0) is 0 Å². The number of hydrogen-bond donors (Lipinski definition) is 1. The summed E-state index contributed by atoms with van der Waals surface area (Å²) in [6.45, 7) is 0. The molecule has 0 amide bonds. The average molecular weight is 253 g/mol. The van der Waals surface area contributed by atoms with Gasteiger partial charge in [-0.2, -0.15) is 0 Å². The van der Waals surface area contributed by atoms with Crippen LogP contribution < -0.4 is 0 Å². The van der Waals surface area contributed by atoms with Crippen molar-refractivity contribution in [1.29, 1.82) is 0 Å². The lowest BCUT2D eigenvalue weighted by Gasteiger charge is -2.10. The molecule has 0 bridgehead atoms. The summed E-state index contributed by atoms with van der Waals surface area (Å²) in [5.41, 5.74) is 1.32. The number of aliphatic hydroxyl groups excluding tert-OH is 1. The molecule has 2 nitrogen and oxygen atoms in total. The van der Waals surface area contributed by atoms with Crippen LogP contribution in [0.5, 0.6) is 0 Å². The first kappa shape index (κ1) is 11.3. The summed E-state index contributed by atoms with van der Waals surface area (Å²) < 4.78 is 0. The number of carbonyl (C=O) groups is 1. The van der Waals surface area contributed by atoms with Crippen molar-refractivity contribution in [2.75, 3.05) is 0 Å². The minimum absolute atomic E-state index is 0.549. The minimum atomic E-state index is -0.801. The number of halogens is 1. The Balaban J connectivity index is 2.38. The van der Waals surface area contributed by atoms with E-state index in [-0.39, 0.29) is 0 Å². The number of aliphatic hydroxyl groups is 1. The van der Waals surface area contributed by atoms with Crippen LogP contribution in [0.4, 0.5) is 0 Å². The number of thiophene rings is 1. The predicted octanol–water partition coefficient (Wildman–Crippen LogP) is 3.30. The van der Waals surface area contributed by atoms with E-state index in [9.17, 15) is 9.90 Å². The highest BCUT2D eigenvalue weighted by atomic mass is 35.5. The first-order chi connectivity index (χ1) is 7.72. The van der Waals surface area contributed by atoms with Gasteiger partial charge in [0.25, 0.3) is 0 Å². The fourth-order valence-corrected chi connectivity index (χ4v) is 2.44. The van der Waals surface area contributed by atoms with Crippen LogP contribution in [0, 0.1) is 0 Å². The number of carbonyl (C=O) groups excluding carboxylic acids is 1. The normalized spacial score (nSPS) is 12.4. The van der Waals surface area contributed by atoms with Crippen molar-refractivity contribution < 1.29 is 9.90 Å². The van der Waals surface area contributed by atoms with Crippen LogP contribution in [0.3, 0.4) is 0 Å². The molecule has 0 radical (unpaired) electrons. The molecule has 1 heterocycles. The Bertz CT molecular complexity index is 507. The lowest BCUT2D eigenvalue weighted by Crippen LogP contribution is -2.00. The standard InChI is InChI=1S/C12H9ClO2S/c13-9-3-1-2-8(6-9)12(15)10-4-5-16-11(10)7-14/h1-7,12,15H. The lowest BCUT2D eigenvalue weighted by molar-refractivity contribution is 0.112. The third kappa shape index (κ3) is 2.16. The molecule has 2 rings (SSSR count). The van der Waals surface area contributed by atoms with Crippen molar-refractivity contribution in [3.63, 3.8) is 0 Å². The van der Waals surface area contributed by atoms with Gasteiger partial charge in [0.2, 0.25) is 0 Å². The first-order valence-corrected chi connectivity index (χ1v) is 5.94. The van der Waals surface area contributed by atoms with Crippen molar-refractivity contribution in [3.05, 3.63) is 56.7 Å². The van der Waals surface area contributed by atoms with Gasteiger partial charge in [0.1, 0.15) is 6.10 Å². The summed E-state index contributed by atoms with van der Waals surface area (Å²) in [5.74, 6) is 0. The molecule has 0 aliphatic heterocycles. The molecular weight excluding hydrogens is 244 g/mol. The Kier molecular flexibility index (Phi) is 3.39. The zero-order valence-corrected chi connectivity index (χ0v) is 9.83. The van der Waals surface area contributed by atoms with Crippen molar-refractivity contribution in [2.24, 2.45) is 0 Å². The van der Waals surface area contributed by atoms with Gasteiger partial charge in [0, 0.05) is 10.6 Å². The van der Waals surface area contributed by atoms with Crippen LogP contribution in [0.1, 0.15) is 26.9 Å². The highest BCUT2D eigenvalue weighted by Crippen LogP contribution is 2.28. The Morgan fingerprint density at radius 1 is 1.38 bits per heavy atom. The molecule has 0 saturated heterocycles. The molecule has 1 aromatic heterocycles. The third-order valence-electron chi connectivity index (χ3n) is 2.29. The smallest absolute Gasteiger partial charge is 0.160 e. The van der Waals surface area contributed by atoms with E-state index in [1.165, 1.54) is 11.3 Å². The first-order valence-electron chi connectivity index (χ1n) is 4.68. The van der Waals surface area contributed by atoms with E-state index in [2.05, 4.69) is 0 Å². The van der Waals surface area contributed by atoms with E-state index in [1.54, 1.807) is 35.7 Å². The zero-order chi connectivity index (χ0) is 11.5. The molecule has 0 fully saturated rings. The Hall–Kier alpha value is -1.16. The third-order valence-corrected chi connectivity index (χ3v) is 3.39. The largest absolute Gasteiger partial charge is 0.384 e. The molecule has 1 unspecified atom stereocenters. The Labute approximate surface area is 102 Å². The second kappa shape index (κ2) is 4.78. The summed E-state index contributed by atoms with van der Waals surface area (Å²) in [6.07, 6.45) is -0.0431. The lowest BCUT2D eigenvalue weighted by atomic mass is 10.0. The predicted molar refractivity (Wildman–Crippen MR) is 65.2 cm³/mol. The summed E-state index contributed by atoms with van der Waals surface area (Å²) in [7, 11) is 0. The topological polar surface area (TPSA) is 37.3 Å². The Morgan fingerprint density at radius 2 is 2.19 bits per heavy atom. The molecule has 1 N–H and O–H groups in total. The summed E-state index contributed by atoms with van der Waals surface area (Å²) >= 11 is 7.16. The van der Waals surface area contributed by atoms with Crippen LogP contribution in [0.15, 0.2) is 35.7 Å². The Morgan fingerprint density at radius 3 is 2.88 bits per heavy atom. The zero-order valence-electron chi connectivity index (χ0n) is 8.26. The quantitative estimate of drug-likeness (QED) is 0.851. The highest BCUT2D eigenvalue weighted by molar-refractivity contribution is 7.11. The summed E-state index contributed by atoms with van der Waals surface area (Å²) in [5, 5.41) is 12.5. The van der Waals surface area contributed by atoms with Crippen molar-refractivity contribution in [3.8, 4) is 0 Å². The van der Waals surface area contributed by atoms with Crippen LogP contribution in [0.2, 0.25) is 5.02 Å². The van der Waals surface area contributed by atoms with E-state index < -0.39 is 6.10 Å². The molecule has 82 valence electrons. The highest BCUT2D eigenvalue weighted by Gasteiger charge is 2.15. The molecule has 1 aromatic carbocycles. The molecule has 2 aromatic rings. The molecule has 4 heteroatoms. The van der Waals surface area contributed by atoms with Gasteiger partial charge in [-0.1, -0.05) is 23.7 Å². The number of hydrogen-bond acceptors (Lipinski definition) is 3. The maximum absolute atomic E-state index is 10.8. The second-order valence-electron chi connectivity index (χ2n) is 3.32. The fraction of sp³-hybridized carbons (Fsp3) is 0.0833. The van der Waals surface area contributed by atoms with Gasteiger partial charge in [-0.3, -0.25) is 4.79 Å². The molecular formula is C12H9ClO2S. The fourth-order valence-electron chi connectivity index (χ4n) is 1.51. The van der Waals surface area contributed by atoms with Gasteiger partial charge in [-0.15, -0.1) is 11.3 Å². The summed E-state index contributed by atoms with van der Waals surface area (Å²) in [6, 6.07) is 8.74. The van der Waals surface area contributed by atoms with Crippen molar-refractivity contribution >= 4 is 29.2 Å². The number of rotatable bonds is 3. The maximum Gasteiger partial charge on any atom is 0.160 e. The monoisotopic (exact) mass is 252 g/mol. The second-order valence-corrected chi connectivity index (χ2v) is 4.70. The van der Waals surface area contributed by atoms with Gasteiger partial charge in [0.15, 0.2) is 6.29 Å². The molecule has 0 aliphatic carbocycles. The number of benzene rings is 1. The molecule has 0 saturated carbocycles. The van der Waals surface area contributed by atoms with E-state index in [4.69, 9.17) is 11.6 Å². The molecule has 1 atom stereocenters. The van der Waals surface area contributed by atoms with Crippen LogP contribution in [0.25, 0.3) is 0 Å². The molecule has 0 spiro atoms. The number of aldehydes is 1. The van der Waals surface area contributed by atoms with Crippen LogP contribution >= 0.6 is 22.9 Å². The molecule has 16 heavy (non-hydrogen) atoms. The molecule has 0 aliphatic rings. The average Bonchev–Trinajstić information content (AvgIpc) is 2.76. The van der Waals surface area contributed by atoms with Gasteiger partial charge < -0.3 is 5.11 Å². The minimum Gasteiger partial charge on any atom is -0.384 e. The van der Waals surface area contributed by atoms with Crippen molar-refractivity contribution in [1.82, 2.24) is 0 Å². The van der Waals surface area contributed by atoms with E-state index in [0.717, 1.165) is 6.29 Å². The SMILES string of the molecule is O=Cc1sccc1C(O)c1cccc(Cl)c1. The van der Waals surface area contributed by atoms with Crippen molar-refractivity contribution in [2.45, 2.75) is 6.10 Å². The summed E-state index contributed by atoms with van der Waals surface area (Å²) in [4.78, 5) is 11.3. The van der Waals surface area contributed by atoms with Gasteiger partial charge >= 0.3 is 0 Å². The van der Waals surface area contributed by atoms with E-state index in [0.29, 0.717) is 21.0 Å².